The van der Waals surface area contributed by atoms with Gasteiger partial charge in [0.15, 0.2) is 6.10 Å². The van der Waals surface area contributed by atoms with E-state index in [0.29, 0.717) is 17.9 Å². The maximum Gasteiger partial charge on any atom is 0.261 e. The van der Waals surface area contributed by atoms with E-state index in [-0.39, 0.29) is 5.91 Å². The maximum absolute atomic E-state index is 12.6. The fourth-order valence-electron chi connectivity index (χ4n) is 3.50. The van der Waals surface area contributed by atoms with Crippen molar-refractivity contribution in [2.45, 2.75) is 78.9 Å². The Labute approximate surface area is 147 Å². The van der Waals surface area contributed by atoms with Gasteiger partial charge in [0.1, 0.15) is 5.75 Å². The van der Waals surface area contributed by atoms with Crippen LogP contribution in [0.3, 0.4) is 0 Å². The van der Waals surface area contributed by atoms with Gasteiger partial charge >= 0.3 is 0 Å². The quantitative estimate of drug-likeness (QED) is 0.835. The first kappa shape index (κ1) is 18.8. The molecule has 134 valence electrons. The molecule has 0 aromatic heterocycles. The summed E-state index contributed by atoms with van der Waals surface area (Å²) < 4.78 is 5.89. The molecule has 1 amide bonds. The van der Waals surface area contributed by atoms with E-state index in [4.69, 9.17) is 4.74 Å². The summed E-state index contributed by atoms with van der Waals surface area (Å²) in [6, 6.07) is 8.17. The van der Waals surface area contributed by atoms with Gasteiger partial charge in [0, 0.05) is 6.04 Å². The van der Waals surface area contributed by atoms with Crippen molar-refractivity contribution in [1.29, 1.82) is 0 Å². The number of carbonyl (C=O) groups is 1. The Bertz CT molecular complexity index is 522. The molecule has 1 atom stereocenters. The van der Waals surface area contributed by atoms with Crippen LogP contribution in [-0.2, 0) is 4.79 Å². The summed E-state index contributed by atoms with van der Waals surface area (Å²) >= 11 is 0. The molecule has 2 rings (SSSR count). The van der Waals surface area contributed by atoms with Gasteiger partial charge in [-0.2, -0.15) is 0 Å². The van der Waals surface area contributed by atoms with E-state index in [9.17, 15) is 4.79 Å². The Hall–Kier alpha value is -1.51. The fraction of sp³-hybridized carbons (Fsp3) is 0.667. The summed E-state index contributed by atoms with van der Waals surface area (Å²) in [7, 11) is 0. The second kappa shape index (κ2) is 8.04. The minimum atomic E-state index is -0.409. The minimum Gasteiger partial charge on any atom is -0.481 e. The molecule has 1 aromatic rings. The summed E-state index contributed by atoms with van der Waals surface area (Å²) in [6.45, 7) is 11.0. The van der Waals surface area contributed by atoms with Crippen molar-refractivity contribution >= 4 is 5.91 Å². The molecule has 1 N–H and O–H groups in total. The minimum absolute atomic E-state index is 0.0253. The number of nitrogens with one attached hydrogen (secondary N) is 1. The first-order chi connectivity index (χ1) is 11.3. The summed E-state index contributed by atoms with van der Waals surface area (Å²) in [5, 5.41) is 3.21. The molecule has 3 nitrogen and oxygen atoms in total. The summed E-state index contributed by atoms with van der Waals surface area (Å²) in [5.74, 6) is 1.55. The molecule has 0 aliphatic heterocycles. The van der Waals surface area contributed by atoms with Gasteiger partial charge in [-0.05, 0) is 62.5 Å². The summed E-state index contributed by atoms with van der Waals surface area (Å²) in [4.78, 5) is 12.6. The molecule has 24 heavy (non-hydrogen) atoms. The lowest BCUT2D eigenvalue weighted by Crippen LogP contribution is -2.45. The largest absolute Gasteiger partial charge is 0.481 e. The predicted molar refractivity (Wildman–Crippen MR) is 99.2 cm³/mol. The van der Waals surface area contributed by atoms with E-state index in [1.54, 1.807) is 0 Å². The highest BCUT2D eigenvalue weighted by Gasteiger charge is 2.31. The maximum atomic E-state index is 12.6. The van der Waals surface area contributed by atoms with Gasteiger partial charge in [0.2, 0.25) is 0 Å². The van der Waals surface area contributed by atoms with Gasteiger partial charge in [-0.25, -0.2) is 0 Å². The fourth-order valence-corrected chi connectivity index (χ4v) is 3.50. The molecule has 0 spiro atoms. The third-order valence-electron chi connectivity index (χ3n) is 5.26. The number of benzene rings is 1. The molecule has 1 aliphatic rings. The molecule has 0 heterocycles. The predicted octanol–water partition coefficient (Wildman–Crippen LogP) is 4.87. The topological polar surface area (TPSA) is 38.3 Å². The standard InChI is InChI=1S/C21H33NO2/c1-6-19(24-18-13-7-15(2)8-14-18)20(23)22-17-11-9-16(10-12-17)21(3,4)5/h7-8,13-14,16-17,19H,6,9-12H2,1-5H3,(H,22,23). The van der Waals surface area contributed by atoms with Gasteiger partial charge in [-0.1, -0.05) is 45.4 Å². The van der Waals surface area contributed by atoms with E-state index in [1.807, 2.05) is 38.1 Å². The average molecular weight is 332 g/mol. The Kier molecular flexibility index (Phi) is 6.31. The van der Waals surface area contributed by atoms with E-state index < -0.39 is 6.10 Å². The van der Waals surface area contributed by atoms with Crippen molar-refractivity contribution in [3.8, 4) is 5.75 Å². The SMILES string of the molecule is CCC(Oc1ccc(C)cc1)C(=O)NC1CCC(C(C)(C)C)CC1. The highest BCUT2D eigenvalue weighted by molar-refractivity contribution is 5.81. The van der Waals surface area contributed by atoms with Crippen LogP contribution < -0.4 is 10.1 Å². The van der Waals surface area contributed by atoms with E-state index in [2.05, 4.69) is 26.1 Å². The zero-order chi connectivity index (χ0) is 17.7. The molecule has 1 aromatic carbocycles. The van der Waals surface area contributed by atoms with Gasteiger partial charge in [0.25, 0.3) is 5.91 Å². The Morgan fingerprint density at radius 2 is 1.75 bits per heavy atom. The van der Waals surface area contributed by atoms with Crippen LogP contribution in [0.1, 0.15) is 65.4 Å². The lowest BCUT2D eigenvalue weighted by molar-refractivity contribution is -0.129. The monoisotopic (exact) mass is 331 g/mol. The number of carbonyl (C=O) groups excluding carboxylic acids is 1. The van der Waals surface area contributed by atoms with Gasteiger partial charge in [0.05, 0.1) is 0 Å². The Morgan fingerprint density at radius 3 is 2.25 bits per heavy atom. The number of amides is 1. The van der Waals surface area contributed by atoms with Crippen molar-refractivity contribution in [1.82, 2.24) is 5.32 Å². The van der Waals surface area contributed by atoms with Gasteiger partial charge in [-0.15, -0.1) is 0 Å². The number of hydrogen-bond acceptors (Lipinski definition) is 2. The summed E-state index contributed by atoms with van der Waals surface area (Å²) in [5.41, 5.74) is 1.56. The van der Waals surface area contributed by atoms with E-state index in [1.165, 1.54) is 18.4 Å². The lowest BCUT2D eigenvalue weighted by atomic mass is 9.71. The summed E-state index contributed by atoms with van der Waals surface area (Å²) in [6.07, 6.45) is 4.82. The van der Waals surface area contributed by atoms with Crippen molar-refractivity contribution < 1.29 is 9.53 Å². The molecular weight excluding hydrogens is 298 g/mol. The smallest absolute Gasteiger partial charge is 0.261 e. The van der Waals surface area contributed by atoms with Crippen LogP contribution in [-0.4, -0.2) is 18.1 Å². The van der Waals surface area contributed by atoms with Crippen molar-refractivity contribution in [3.63, 3.8) is 0 Å². The van der Waals surface area contributed by atoms with Crippen molar-refractivity contribution in [2.24, 2.45) is 11.3 Å². The molecule has 0 saturated heterocycles. The van der Waals surface area contributed by atoms with Crippen molar-refractivity contribution in [2.75, 3.05) is 0 Å². The van der Waals surface area contributed by atoms with E-state index in [0.717, 1.165) is 24.5 Å². The molecule has 3 heteroatoms. The van der Waals surface area contributed by atoms with Crippen LogP contribution >= 0.6 is 0 Å². The highest BCUT2D eigenvalue weighted by Crippen LogP contribution is 2.37. The number of ether oxygens (including phenoxy) is 1. The Balaban J connectivity index is 1.85. The first-order valence-electron chi connectivity index (χ1n) is 9.33. The molecule has 1 unspecified atom stereocenters. The van der Waals surface area contributed by atoms with Crippen LogP contribution in [0, 0.1) is 18.3 Å². The van der Waals surface area contributed by atoms with Crippen LogP contribution in [0.4, 0.5) is 0 Å². The van der Waals surface area contributed by atoms with Gasteiger partial charge < -0.3 is 10.1 Å². The third kappa shape index (κ3) is 5.25. The van der Waals surface area contributed by atoms with Crippen LogP contribution in [0.5, 0.6) is 5.75 Å². The lowest BCUT2D eigenvalue weighted by Gasteiger charge is -2.37. The van der Waals surface area contributed by atoms with Crippen LogP contribution in [0.25, 0.3) is 0 Å². The molecular formula is C21H33NO2. The Morgan fingerprint density at radius 1 is 1.17 bits per heavy atom. The average Bonchev–Trinajstić information content (AvgIpc) is 2.54. The highest BCUT2D eigenvalue weighted by atomic mass is 16.5. The first-order valence-corrected chi connectivity index (χ1v) is 9.33. The molecule has 1 fully saturated rings. The second-order valence-corrected chi connectivity index (χ2v) is 8.25. The van der Waals surface area contributed by atoms with Gasteiger partial charge in [-0.3, -0.25) is 4.79 Å². The normalized spacial score (nSPS) is 22.7. The van der Waals surface area contributed by atoms with Crippen LogP contribution in [0.2, 0.25) is 0 Å². The molecule has 1 saturated carbocycles. The zero-order valence-corrected chi connectivity index (χ0v) is 15.9. The second-order valence-electron chi connectivity index (χ2n) is 8.25. The number of aryl methyl sites for hydroxylation is 1. The number of rotatable bonds is 5. The number of hydrogen-bond donors (Lipinski definition) is 1. The van der Waals surface area contributed by atoms with E-state index >= 15 is 0 Å². The van der Waals surface area contributed by atoms with Crippen molar-refractivity contribution in [3.05, 3.63) is 29.8 Å². The molecule has 1 aliphatic carbocycles. The third-order valence-corrected chi connectivity index (χ3v) is 5.26. The molecule has 0 bridgehead atoms. The van der Waals surface area contributed by atoms with Crippen LogP contribution in [0.15, 0.2) is 24.3 Å². The zero-order valence-electron chi connectivity index (χ0n) is 15.9. The molecule has 0 radical (unpaired) electrons.